The number of nitro groups is 1. The average Bonchev–Trinajstić information content (AvgIpc) is 2.43. The molecule has 0 bridgehead atoms. The zero-order chi connectivity index (χ0) is 14.6. The maximum absolute atomic E-state index is 11.1. The molecule has 0 spiro atoms. The number of aliphatic hydroxyl groups is 2. The standard InChI is InChI=1S/C11H13NO7/c1-18-8-4-6(3-7(5-8)12(16)17)9(13)10(14)11(15)19-2/h3-5,9-10,13-14H,1-2H3. The van der Waals surface area contributed by atoms with Crippen molar-refractivity contribution >= 4 is 11.7 Å². The molecular formula is C11H13NO7. The lowest BCUT2D eigenvalue weighted by Crippen LogP contribution is -2.29. The molecule has 0 amide bonds. The second-order valence-corrected chi connectivity index (χ2v) is 3.63. The maximum Gasteiger partial charge on any atom is 0.337 e. The predicted molar refractivity (Wildman–Crippen MR) is 62.6 cm³/mol. The summed E-state index contributed by atoms with van der Waals surface area (Å²) in [7, 11) is 2.35. The van der Waals surface area contributed by atoms with E-state index in [1.54, 1.807) is 0 Å². The third kappa shape index (κ3) is 3.39. The van der Waals surface area contributed by atoms with Gasteiger partial charge in [0.25, 0.3) is 5.69 Å². The number of carbonyl (C=O) groups is 1. The Hall–Kier alpha value is -2.19. The Morgan fingerprint density at radius 1 is 1.32 bits per heavy atom. The molecule has 0 saturated carbocycles. The van der Waals surface area contributed by atoms with Crippen LogP contribution in [0.25, 0.3) is 0 Å². The number of esters is 1. The second-order valence-electron chi connectivity index (χ2n) is 3.63. The first kappa shape index (κ1) is 14.9. The van der Waals surface area contributed by atoms with E-state index in [0.29, 0.717) is 0 Å². The van der Waals surface area contributed by atoms with Crippen LogP contribution in [0.3, 0.4) is 0 Å². The highest BCUT2D eigenvalue weighted by Crippen LogP contribution is 2.28. The monoisotopic (exact) mass is 271 g/mol. The fourth-order valence-electron chi connectivity index (χ4n) is 1.43. The fraction of sp³-hybridized carbons (Fsp3) is 0.364. The smallest absolute Gasteiger partial charge is 0.337 e. The van der Waals surface area contributed by atoms with Crippen LogP contribution < -0.4 is 4.74 Å². The first-order chi connectivity index (χ1) is 8.90. The van der Waals surface area contributed by atoms with Gasteiger partial charge < -0.3 is 19.7 Å². The predicted octanol–water partition coefficient (Wildman–Crippen LogP) is 0.171. The van der Waals surface area contributed by atoms with Gasteiger partial charge >= 0.3 is 5.97 Å². The normalized spacial score (nSPS) is 13.5. The van der Waals surface area contributed by atoms with Gasteiger partial charge in [0.1, 0.15) is 11.9 Å². The van der Waals surface area contributed by atoms with Gasteiger partial charge in [-0.1, -0.05) is 0 Å². The Morgan fingerprint density at radius 3 is 2.42 bits per heavy atom. The molecule has 104 valence electrons. The van der Waals surface area contributed by atoms with Crippen LogP contribution in [-0.4, -0.2) is 41.4 Å². The highest BCUT2D eigenvalue weighted by molar-refractivity contribution is 5.75. The maximum atomic E-state index is 11.1. The lowest BCUT2D eigenvalue weighted by atomic mass is 10.0. The largest absolute Gasteiger partial charge is 0.496 e. The highest BCUT2D eigenvalue weighted by Gasteiger charge is 2.28. The SMILES string of the molecule is COC(=O)C(O)C(O)c1cc(OC)cc([N+](=O)[O-])c1. The number of methoxy groups -OCH3 is 2. The van der Waals surface area contributed by atoms with Crippen molar-refractivity contribution in [3.63, 3.8) is 0 Å². The molecule has 0 aromatic heterocycles. The molecule has 0 fully saturated rings. The first-order valence-corrected chi connectivity index (χ1v) is 5.18. The van der Waals surface area contributed by atoms with E-state index in [0.717, 1.165) is 19.2 Å². The Kier molecular flexibility index (Phi) is 4.79. The number of nitrogens with zero attached hydrogens (tertiary/aromatic N) is 1. The van der Waals surface area contributed by atoms with Gasteiger partial charge in [0.2, 0.25) is 0 Å². The van der Waals surface area contributed by atoms with Gasteiger partial charge in [-0.3, -0.25) is 10.1 Å². The van der Waals surface area contributed by atoms with Crippen molar-refractivity contribution in [2.75, 3.05) is 14.2 Å². The molecule has 0 saturated heterocycles. The molecule has 1 aromatic carbocycles. The van der Waals surface area contributed by atoms with Crippen molar-refractivity contribution in [1.29, 1.82) is 0 Å². The van der Waals surface area contributed by atoms with Crippen molar-refractivity contribution in [2.45, 2.75) is 12.2 Å². The number of ether oxygens (including phenoxy) is 2. The molecule has 2 unspecified atom stereocenters. The van der Waals surface area contributed by atoms with Crippen LogP contribution in [0, 0.1) is 10.1 Å². The van der Waals surface area contributed by atoms with Gasteiger partial charge in [-0.25, -0.2) is 4.79 Å². The van der Waals surface area contributed by atoms with Gasteiger partial charge in [0.15, 0.2) is 6.10 Å². The van der Waals surface area contributed by atoms with Crippen LogP contribution in [0.15, 0.2) is 18.2 Å². The van der Waals surface area contributed by atoms with E-state index in [9.17, 15) is 25.1 Å². The van der Waals surface area contributed by atoms with Crippen molar-refractivity contribution in [1.82, 2.24) is 0 Å². The number of carbonyl (C=O) groups excluding carboxylic acids is 1. The van der Waals surface area contributed by atoms with Crippen molar-refractivity contribution in [2.24, 2.45) is 0 Å². The molecule has 2 N–H and O–H groups in total. The minimum atomic E-state index is -1.84. The summed E-state index contributed by atoms with van der Waals surface area (Å²) in [5, 5.41) is 30.0. The molecule has 0 aliphatic rings. The van der Waals surface area contributed by atoms with Gasteiger partial charge in [0.05, 0.1) is 25.2 Å². The Bertz CT molecular complexity index is 488. The summed E-state index contributed by atoms with van der Waals surface area (Å²) in [6.45, 7) is 0. The molecular weight excluding hydrogens is 258 g/mol. The molecule has 1 rings (SSSR count). The lowest BCUT2D eigenvalue weighted by molar-refractivity contribution is -0.385. The zero-order valence-electron chi connectivity index (χ0n) is 10.3. The van der Waals surface area contributed by atoms with Crippen LogP contribution in [0.4, 0.5) is 5.69 Å². The van der Waals surface area contributed by atoms with E-state index in [2.05, 4.69) is 4.74 Å². The van der Waals surface area contributed by atoms with E-state index >= 15 is 0 Å². The summed E-state index contributed by atoms with van der Waals surface area (Å²) in [5.74, 6) is -0.918. The van der Waals surface area contributed by atoms with Crippen LogP contribution >= 0.6 is 0 Å². The molecule has 0 heterocycles. The van der Waals surface area contributed by atoms with Gasteiger partial charge in [0, 0.05) is 6.07 Å². The van der Waals surface area contributed by atoms with Crippen molar-refractivity contribution < 1.29 is 29.4 Å². The molecule has 1 aromatic rings. The molecule has 8 nitrogen and oxygen atoms in total. The average molecular weight is 271 g/mol. The van der Waals surface area contributed by atoms with Crippen LogP contribution in [0.5, 0.6) is 5.75 Å². The molecule has 0 aliphatic carbocycles. The third-order valence-corrected chi connectivity index (χ3v) is 2.44. The van der Waals surface area contributed by atoms with E-state index in [1.165, 1.54) is 13.2 Å². The molecule has 8 heteroatoms. The van der Waals surface area contributed by atoms with E-state index < -0.39 is 23.1 Å². The Labute approximate surface area is 108 Å². The summed E-state index contributed by atoms with van der Waals surface area (Å²) in [6, 6.07) is 3.48. The summed E-state index contributed by atoms with van der Waals surface area (Å²) in [4.78, 5) is 21.1. The van der Waals surface area contributed by atoms with Crippen molar-refractivity contribution in [3.8, 4) is 5.75 Å². The molecule has 0 aliphatic heterocycles. The minimum absolute atomic E-state index is 0.0241. The van der Waals surface area contributed by atoms with E-state index in [-0.39, 0.29) is 17.0 Å². The number of nitro benzene ring substituents is 1. The summed E-state index contributed by atoms with van der Waals surface area (Å²) in [6.07, 6.45) is -3.49. The number of hydrogen-bond donors (Lipinski definition) is 2. The zero-order valence-corrected chi connectivity index (χ0v) is 10.3. The van der Waals surface area contributed by atoms with Gasteiger partial charge in [-0.05, 0) is 11.6 Å². The molecule has 2 atom stereocenters. The van der Waals surface area contributed by atoms with Crippen molar-refractivity contribution in [3.05, 3.63) is 33.9 Å². The highest BCUT2D eigenvalue weighted by atomic mass is 16.6. The number of non-ortho nitro benzene ring substituents is 1. The fourth-order valence-corrected chi connectivity index (χ4v) is 1.43. The first-order valence-electron chi connectivity index (χ1n) is 5.18. The molecule has 0 radical (unpaired) electrons. The van der Waals surface area contributed by atoms with Crippen LogP contribution in [-0.2, 0) is 9.53 Å². The molecule has 19 heavy (non-hydrogen) atoms. The Balaban J connectivity index is 3.15. The number of aliphatic hydroxyl groups excluding tert-OH is 2. The number of hydrogen-bond acceptors (Lipinski definition) is 7. The third-order valence-electron chi connectivity index (χ3n) is 2.44. The van der Waals surface area contributed by atoms with Gasteiger partial charge in [-0.15, -0.1) is 0 Å². The number of benzene rings is 1. The van der Waals surface area contributed by atoms with E-state index in [1.807, 2.05) is 0 Å². The van der Waals surface area contributed by atoms with Gasteiger partial charge in [-0.2, -0.15) is 0 Å². The second kappa shape index (κ2) is 6.12. The summed E-state index contributed by atoms with van der Waals surface area (Å²) < 4.78 is 9.12. The summed E-state index contributed by atoms with van der Waals surface area (Å²) >= 11 is 0. The summed E-state index contributed by atoms with van der Waals surface area (Å²) in [5.41, 5.74) is -0.352. The van der Waals surface area contributed by atoms with Crippen LogP contribution in [0.1, 0.15) is 11.7 Å². The number of rotatable bonds is 5. The lowest BCUT2D eigenvalue weighted by Gasteiger charge is -2.16. The van der Waals surface area contributed by atoms with E-state index in [4.69, 9.17) is 4.74 Å². The topological polar surface area (TPSA) is 119 Å². The minimum Gasteiger partial charge on any atom is -0.496 e. The quantitative estimate of drug-likeness (QED) is 0.445. The Morgan fingerprint density at radius 2 is 1.95 bits per heavy atom. The van der Waals surface area contributed by atoms with Crippen LogP contribution in [0.2, 0.25) is 0 Å².